The van der Waals surface area contributed by atoms with Crippen LogP contribution in [0, 0.1) is 0 Å². The molecule has 0 radical (unpaired) electrons. The molecule has 0 spiro atoms. The van der Waals surface area contributed by atoms with E-state index in [1.165, 1.54) is 0 Å². The van der Waals surface area contributed by atoms with Gasteiger partial charge in [-0.25, -0.2) is 9.78 Å². The molecule has 9 heteroatoms. The molecule has 0 amide bonds. The number of benzene rings is 2. The Bertz CT molecular complexity index is 1140. The van der Waals surface area contributed by atoms with Crippen LogP contribution < -0.4 is 15.2 Å². The molecule has 2 aromatic carbocycles. The molecule has 0 atom stereocenters. The van der Waals surface area contributed by atoms with Gasteiger partial charge in [0.05, 0.1) is 30.7 Å². The maximum Gasteiger partial charge on any atom is 0.337 e. The zero-order chi connectivity index (χ0) is 23.0. The summed E-state index contributed by atoms with van der Waals surface area (Å²) in [4.78, 5) is 36.3. The summed E-state index contributed by atoms with van der Waals surface area (Å²) in [5.74, 6) is 0.729. The summed E-state index contributed by atoms with van der Waals surface area (Å²) in [6.07, 6.45) is 0. The van der Waals surface area contributed by atoms with Crippen molar-refractivity contribution in [3.05, 3.63) is 64.7 Å². The van der Waals surface area contributed by atoms with E-state index in [4.69, 9.17) is 14.2 Å². The van der Waals surface area contributed by atoms with E-state index in [0.717, 1.165) is 31.9 Å². The number of carbonyl (C=O) groups is 1. The molecule has 1 N–H and O–H groups in total. The Balaban J connectivity index is 1.30. The molecule has 1 aliphatic heterocycles. The van der Waals surface area contributed by atoms with Gasteiger partial charge in [0.15, 0.2) is 0 Å². The molecule has 1 saturated heterocycles. The Labute approximate surface area is 191 Å². The number of nitrogens with zero attached hydrogens (tertiary/aromatic N) is 3. The summed E-state index contributed by atoms with van der Waals surface area (Å²) in [5, 5.41) is 0.605. The topological polar surface area (TPSA) is 97.0 Å². The van der Waals surface area contributed by atoms with E-state index in [2.05, 4.69) is 19.8 Å². The van der Waals surface area contributed by atoms with Crippen LogP contribution in [0.15, 0.2) is 53.3 Å². The Hall–Kier alpha value is -3.27. The van der Waals surface area contributed by atoms with Gasteiger partial charge in [-0.3, -0.25) is 9.69 Å². The van der Waals surface area contributed by atoms with Gasteiger partial charge in [0.25, 0.3) is 5.56 Å². The molecule has 9 nitrogen and oxygen atoms in total. The Kier molecular flexibility index (Phi) is 7.66. The quantitative estimate of drug-likeness (QED) is 0.298. The third-order valence-electron chi connectivity index (χ3n) is 5.47. The minimum absolute atomic E-state index is 0.107. The fraction of sp³-hybridized carbons (Fsp3) is 0.375. The summed E-state index contributed by atoms with van der Waals surface area (Å²) in [6, 6.07) is 14.9. The van der Waals surface area contributed by atoms with Crippen LogP contribution in [0.2, 0.25) is 0 Å². The summed E-state index contributed by atoms with van der Waals surface area (Å²) in [6.45, 7) is 4.54. The van der Waals surface area contributed by atoms with E-state index in [-0.39, 0.29) is 12.2 Å². The van der Waals surface area contributed by atoms with Crippen molar-refractivity contribution in [2.45, 2.75) is 6.54 Å². The lowest BCUT2D eigenvalue weighted by atomic mass is 10.2. The number of nitrogens with one attached hydrogen (secondary N) is 1. The molecule has 0 saturated carbocycles. The van der Waals surface area contributed by atoms with Gasteiger partial charge in [-0.15, -0.1) is 0 Å². The summed E-state index contributed by atoms with van der Waals surface area (Å²) in [7, 11) is 1.58. The molecule has 0 aliphatic carbocycles. The minimum Gasteiger partial charge on any atom is -0.425 e. The largest absolute Gasteiger partial charge is 0.425 e. The first-order valence-electron chi connectivity index (χ1n) is 10.9. The highest BCUT2D eigenvalue weighted by Gasteiger charge is 2.19. The number of anilines is 1. The van der Waals surface area contributed by atoms with Crippen LogP contribution in [0.3, 0.4) is 0 Å². The van der Waals surface area contributed by atoms with E-state index in [1.807, 2.05) is 36.4 Å². The molecule has 1 aliphatic rings. The first-order valence-corrected chi connectivity index (χ1v) is 10.9. The number of aromatic nitrogens is 2. The van der Waals surface area contributed by atoms with Gasteiger partial charge in [0.2, 0.25) is 0 Å². The average molecular weight is 453 g/mol. The monoisotopic (exact) mass is 452 g/mol. The van der Waals surface area contributed by atoms with Crippen molar-refractivity contribution >= 4 is 22.6 Å². The van der Waals surface area contributed by atoms with Crippen LogP contribution in [0.5, 0.6) is 5.75 Å². The standard InChI is InChI=1S/C24H28N4O5/c1-31-13-14-32-17-23(29)33-19-6-4-5-18(15-19)28-11-9-27(10-12-28)16-22-25-21-8-3-2-7-20(21)24(30)26-22/h2-8,15H,9-14,16-17H2,1H3,(H,25,26,30). The van der Waals surface area contributed by atoms with E-state index >= 15 is 0 Å². The van der Waals surface area contributed by atoms with Gasteiger partial charge in [0.1, 0.15) is 18.2 Å². The maximum absolute atomic E-state index is 12.3. The van der Waals surface area contributed by atoms with Gasteiger partial charge >= 0.3 is 5.97 Å². The molecule has 4 rings (SSSR count). The minimum atomic E-state index is -0.440. The lowest BCUT2D eigenvalue weighted by Gasteiger charge is -2.35. The summed E-state index contributed by atoms with van der Waals surface area (Å²) < 4.78 is 15.5. The predicted octanol–water partition coefficient (Wildman–Crippen LogP) is 1.81. The number of hydrogen-bond donors (Lipinski definition) is 1. The molecular formula is C24H28N4O5. The van der Waals surface area contributed by atoms with E-state index in [0.29, 0.717) is 42.2 Å². The Morgan fingerprint density at radius 2 is 1.88 bits per heavy atom. The fourth-order valence-electron chi connectivity index (χ4n) is 3.79. The Morgan fingerprint density at radius 1 is 1.06 bits per heavy atom. The number of methoxy groups -OCH3 is 1. The average Bonchev–Trinajstić information content (AvgIpc) is 2.83. The van der Waals surface area contributed by atoms with Crippen molar-refractivity contribution in [3.63, 3.8) is 0 Å². The van der Waals surface area contributed by atoms with E-state index < -0.39 is 5.97 Å². The van der Waals surface area contributed by atoms with Gasteiger partial charge in [-0.2, -0.15) is 0 Å². The van der Waals surface area contributed by atoms with Crippen molar-refractivity contribution in [3.8, 4) is 5.75 Å². The van der Waals surface area contributed by atoms with Crippen LogP contribution >= 0.6 is 0 Å². The number of esters is 1. The van der Waals surface area contributed by atoms with Crippen molar-refractivity contribution in [1.29, 1.82) is 0 Å². The molecular weight excluding hydrogens is 424 g/mol. The molecule has 33 heavy (non-hydrogen) atoms. The second kappa shape index (κ2) is 11.0. The highest BCUT2D eigenvalue weighted by molar-refractivity contribution is 5.77. The number of rotatable bonds is 9. The number of aromatic amines is 1. The zero-order valence-corrected chi connectivity index (χ0v) is 18.7. The first kappa shape index (κ1) is 22.9. The number of H-pyrrole nitrogens is 1. The van der Waals surface area contributed by atoms with Crippen LogP contribution in [0.4, 0.5) is 5.69 Å². The second-order valence-electron chi connectivity index (χ2n) is 7.81. The van der Waals surface area contributed by atoms with Gasteiger partial charge in [0, 0.05) is 45.0 Å². The number of ether oxygens (including phenoxy) is 3. The fourth-order valence-corrected chi connectivity index (χ4v) is 3.79. The molecule has 1 aromatic heterocycles. The number of hydrogen-bond acceptors (Lipinski definition) is 8. The van der Waals surface area contributed by atoms with E-state index in [9.17, 15) is 9.59 Å². The maximum atomic E-state index is 12.3. The number of piperazine rings is 1. The molecule has 3 aromatic rings. The SMILES string of the molecule is COCCOCC(=O)Oc1cccc(N2CCN(Cc3nc4ccccc4c(=O)[nH]3)CC2)c1. The van der Waals surface area contributed by atoms with Crippen molar-refractivity contribution in [2.24, 2.45) is 0 Å². The molecule has 0 bridgehead atoms. The first-order chi connectivity index (χ1) is 16.1. The smallest absolute Gasteiger partial charge is 0.337 e. The highest BCUT2D eigenvalue weighted by Crippen LogP contribution is 2.23. The van der Waals surface area contributed by atoms with Crippen LogP contribution in [0.25, 0.3) is 10.9 Å². The van der Waals surface area contributed by atoms with E-state index in [1.54, 1.807) is 19.2 Å². The van der Waals surface area contributed by atoms with Crippen molar-refractivity contribution in [2.75, 3.05) is 58.0 Å². The van der Waals surface area contributed by atoms with Crippen LogP contribution in [-0.4, -0.2) is 73.9 Å². The lowest BCUT2D eigenvalue weighted by molar-refractivity contribution is -0.139. The third-order valence-corrected chi connectivity index (χ3v) is 5.47. The van der Waals surface area contributed by atoms with Gasteiger partial charge < -0.3 is 24.1 Å². The molecule has 174 valence electrons. The summed E-state index contributed by atoms with van der Waals surface area (Å²) in [5.41, 5.74) is 1.60. The Morgan fingerprint density at radius 3 is 2.70 bits per heavy atom. The van der Waals surface area contributed by atoms with Gasteiger partial charge in [-0.05, 0) is 24.3 Å². The van der Waals surface area contributed by atoms with Crippen LogP contribution in [0.1, 0.15) is 5.82 Å². The zero-order valence-electron chi connectivity index (χ0n) is 18.7. The number of carbonyl (C=O) groups excluding carboxylic acids is 1. The molecule has 1 fully saturated rings. The van der Waals surface area contributed by atoms with Crippen molar-refractivity contribution < 1.29 is 19.0 Å². The number of para-hydroxylation sites is 1. The molecule has 2 heterocycles. The normalized spacial score (nSPS) is 14.5. The lowest BCUT2D eigenvalue weighted by Crippen LogP contribution is -2.46. The predicted molar refractivity (Wildman–Crippen MR) is 125 cm³/mol. The summed E-state index contributed by atoms with van der Waals surface area (Å²) >= 11 is 0. The van der Waals surface area contributed by atoms with Gasteiger partial charge in [-0.1, -0.05) is 18.2 Å². The highest BCUT2D eigenvalue weighted by atomic mass is 16.6. The second-order valence-corrected chi connectivity index (χ2v) is 7.81. The van der Waals surface area contributed by atoms with Crippen LogP contribution in [-0.2, 0) is 20.8 Å². The number of fused-ring (bicyclic) bond motifs is 1. The van der Waals surface area contributed by atoms with Crippen molar-refractivity contribution in [1.82, 2.24) is 14.9 Å². The molecule has 0 unspecified atom stereocenters. The third kappa shape index (κ3) is 6.16.